The van der Waals surface area contributed by atoms with Crippen molar-refractivity contribution in [2.75, 3.05) is 0 Å². The Bertz CT molecular complexity index is 279. The zero-order chi connectivity index (χ0) is 9.35. The molecule has 1 aliphatic heterocycles. The quantitative estimate of drug-likeness (QED) is 0.526. The van der Waals surface area contributed by atoms with Crippen LogP contribution in [0.3, 0.4) is 0 Å². The second-order valence-corrected chi connectivity index (χ2v) is 3.85. The molecule has 12 heavy (non-hydrogen) atoms. The Kier molecular flexibility index (Phi) is 2.49. The lowest BCUT2D eigenvalue weighted by molar-refractivity contribution is -0.104. The van der Waals surface area contributed by atoms with E-state index in [-0.39, 0.29) is 5.54 Å². The van der Waals surface area contributed by atoms with Crippen molar-refractivity contribution in [3.63, 3.8) is 0 Å². The van der Waals surface area contributed by atoms with Crippen molar-refractivity contribution in [2.45, 2.75) is 19.4 Å². The fourth-order valence-electron chi connectivity index (χ4n) is 1.02. The Hall–Kier alpha value is -0.470. The third kappa shape index (κ3) is 1.50. The summed E-state index contributed by atoms with van der Waals surface area (Å²) in [4.78, 5) is 10.2. The van der Waals surface area contributed by atoms with E-state index in [4.69, 9.17) is 23.2 Å². The normalized spacial score (nSPS) is 24.5. The molecular formula is C8H9Cl2NO. The van der Waals surface area contributed by atoms with Gasteiger partial charge in [-0.05, 0) is 13.8 Å². The maximum Gasteiger partial charge on any atom is 0.144 e. The zero-order valence-corrected chi connectivity index (χ0v) is 8.33. The molecular weight excluding hydrogens is 197 g/mol. The number of hydrogen-bond acceptors (Lipinski definition) is 2. The number of carbonyl (C=O) groups is 1. The molecule has 0 aliphatic carbocycles. The molecule has 0 bridgehead atoms. The van der Waals surface area contributed by atoms with Crippen LogP contribution in [-0.4, -0.2) is 11.8 Å². The van der Waals surface area contributed by atoms with E-state index < -0.39 is 0 Å². The van der Waals surface area contributed by atoms with Crippen molar-refractivity contribution in [1.29, 1.82) is 0 Å². The second kappa shape index (κ2) is 3.11. The lowest BCUT2D eigenvalue weighted by atomic mass is 10.1. The molecule has 1 rings (SSSR count). The van der Waals surface area contributed by atoms with Crippen LogP contribution in [0.2, 0.25) is 0 Å². The number of aldehydes is 1. The molecule has 0 aromatic heterocycles. The number of nitrogens with one attached hydrogen (secondary N) is 1. The van der Waals surface area contributed by atoms with Gasteiger partial charge in [-0.15, -0.1) is 0 Å². The number of rotatable bonds is 1. The van der Waals surface area contributed by atoms with Crippen LogP contribution in [0.5, 0.6) is 0 Å². The summed E-state index contributed by atoms with van der Waals surface area (Å²) in [6.45, 7) is 3.78. The first-order valence-corrected chi connectivity index (χ1v) is 4.24. The molecule has 2 nitrogen and oxygen atoms in total. The molecule has 1 aliphatic rings. The Labute approximate surface area is 81.2 Å². The van der Waals surface area contributed by atoms with Gasteiger partial charge in [0, 0.05) is 6.08 Å². The zero-order valence-electron chi connectivity index (χ0n) is 6.82. The van der Waals surface area contributed by atoms with Crippen molar-refractivity contribution in [3.05, 3.63) is 21.8 Å². The SMILES string of the molecule is CC1(C)N/C(=C\C=O)C(Cl)=C1Cl. The van der Waals surface area contributed by atoms with Crippen LogP contribution < -0.4 is 5.32 Å². The Morgan fingerprint density at radius 2 is 2.00 bits per heavy atom. The number of hydrogen-bond donors (Lipinski definition) is 1. The molecule has 0 saturated carbocycles. The molecule has 0 fully saturated rings. The first-order valence-electron chi connectivity index (χ1n) is 3.49. The molecule has 0 spiro atoms. The average molecular weight is 206 g/mol. The highest BCUT2D eigenvalue weighted by atomic mass is 35.5. The molecule has 0 aromatic carbocycles. The number of carbonyl (C=O) groups excluding carboxylic acids is 1. The Balaban J connectivity index is 3.07. The smallest absolute Gasteiger partial charge is 0.144 e. The van der Waals surface area contributed by atoms with Crippen molar-refractivity contribution >= 4 is 29.5 Å². The van der Waals surface area contributed by atoms with E-state index >= 15 is 0 Å². The second-order valence-electron chi connectivity index (χ2n) is 3.09. The van der Waals surface area contributed by atoms with E-state index in [1.165, 1.54) is 6.08 Å². The molecule has 1 N–H and O–H groups in total. The summed E-state index contributed by atoms with van der Waals surface area (Å²) in [7, 11) is 0. The van der Waals surface area contributed by atoms with Gasteiger partial charge in [0.15, 0.2) is 0 Å². The minimum absolute atomic E-state index is 0.368. The van der Waals surface area contributed by atoms with Gasteiger partial charge in [-0.1, -0.05) is 23.2 Å². The van der Waals surface area contributed by atoms with Gasteiger partial charge in [0.25, 0.3) is 0 Å². The van der Waals surface area contributed by atoms with Crippen molar-refractivity contribution in [2.24, 2.45) is 0 Å². The van der Waals surface area contributed by atoms with Gasteiger partial charge in [-0.25, -0.2) is 0 Å². The summed E-state index contributed by atoms with van der Waals surface area (Å²) in [6.07, 6.45) is 2.04. The van der Waals surface area contributed by atoms with Gasteiger partial charge >= 0.3 is 0 Å². The van der Waals surface area contributed by atoms with Crippen LogP contribution in [0, 0.1) is 0 Å². The third-order valence-electron chi connectivity index (χ3n) is 1.66. The lowest BCUT2D eigenvalue weighted by Crippen LogP contribution is -2.33. The molecule has 66 valence electrons. The highest BCUT2D eigenvalue weighted by molar-refractivity contribution is 6.42. The van der Waals surface area contributed by atoms with Gasteiger partial charge < -0.3 is 5.32 Å². The fraction of sp³-hybridized carbons (Fsp3) is 0.375. The van der Waals surface area contributed by atoms with Crippen molar-refractivity contribution < 1.29 is 4.79 Å². The van der Waals surface area contributed by atoms with Gasteiger partial charge in [0.2, 0.25) is 0 Å². The van der Waals surface area contributed by atoms with E-state index in [2.05, 4.69) is 5.32 Å². The summed E-state index contributed by atoms with van der Waals surface area (Å²) >= 11 is 11.8. The largest absolute Gasteiger partial charge is 0.374 e. The van der Waals surface area contributed by atoms with Gasteiger partial charge in [-0.3, -0.25) is 4.79 Å². The van der Waals surface area contributed by atoms with E-state index in [1.54, 1.807) is 0 Å². The molecule has 4 heteroatoms. The number of allylic oxidation sites excluding steroid dienone is 2. The molecule has 0 atom stereocenters. The molecule has 0 aromatic rings. The van der Waals surface area contributed by atoms with Gasteiger partial charge in [0.05, 0.1) is 21.3 Å². The molecule has 0 saturated heterocycles. The average Bonchev–Trinajstić information content (AvgIpc) is 2.16. The van der Waals surface area contributed by atoms with E-state index in [1.807, 2.05) is 13.8 Å². The maximum absolute atomic E-state index is 10.2. The van der Waals surface area contributed by atoms with Crippen LogP contribution >= 0.6 is 23.2 Å². The molecule has 0 radical (unpaired) electrons. The molecule has 0 amide bonds. The minimum atomic E-state index is -0.368. The summed E-state index contributed by atoms with van der Waals surface area (Å²) in [5, 5.41) is 3.99. The summed E-state index contributed by atoms with van der Waals surface area (Å²) in [5.74, 6) is 0. The van der Waals surface area contributed by atoms with Crippen molar-refractivity contribution in [3.8, 4) is 0 Å². The van der Waals surface area contributed by atoms with Crippen LogP contribution in [-0.2, 0) is 4.79 Å². The highest BCUT2D eigenvalue weighted by Gasteiger charge is 2.33. The topological polar surface area (TPSA) is 29.1 Å². The predicted octanol–water partition coefficient (Wildman–Crippen LogP) is 2.14. The monoisotopic (exact) mass is 205 g/mol. The van der Waals surface area contributed by atoms with Gasteiger partial charge in [0.1, 0.15) is 6.29 Å². The third-order valence-corrected chi connectivity index (χ3v) is 2.81. The first kappa shape index (κ1) is 9.62. The maximum atomic E-state index is 10.2. The van der Waals surface area contributed by atoms with E-state index in [0.717, 1.165) is 0 Å². The van der Waals surface area contributed by atoms with Crippen molar-refractivity contribution in [1.82, 2.24) is 5.32 Å². The summed E-state index contributed by atoms with van der Waals surface area (Å²) in [5.41, 5.74) is 0.217. The van der Waals surface area contributed by atoms with Gasteiger partial charge in [-0.2, -0.15) is 0 Å². The summed E-state index contributed by atoms with van der Waals surface area (Å²) < 4.78 is 0. The summed E-state index contributed by atoms with van der Waals surface area (Å²) in [6, 6.07) is 0. The van der Waals surface area contributed by atoms with Crippen LogP contribution in [0.15, 0.2) is 21.8 Å². The van der Waals surface area contributed by atoms with E-state index in [9.17, 15) is 4.79 Å². The van der Waals surface area contributed by atoms with Crippen LogP contribution in [0.25, 0.3) is 0 Å². The molecule has 1 heterocycles. The highest BCUT2D eigenvalue weighted by Crippen LogP contribution is 2.36. The molecule has 0 unspecified atom stereocenters. The predicted molar refractivity (Wildman–Crippen MR) is 50.1 cm³/mol. The standard InChI is InChI=1S/C8H9Cl2NO/c1-8(2)7(10)6(9)5(11-8)3-4-12/h3-4,11H,1-2H3/b5-3-. The Morgan fingerprint density at radius 3 is 2.33 bits per heavy atom. The Morgan fingerprint density at radius 1 is 1.42 bits per heavy atom. The first-order chi connectivity index (χ1) is 5.49. The van der Waals surface area contributed by atoms with E-state index in [0.29, 0.717) is 22.0 Å². The van der Waals surface area contributed by atoms with Crippen LogP contribution in [0.4, 0.5) is 0 Å². The van der Waals surface area contributed by atoms with Crippen LogP contribution in [0.1, 0.15) is 13.8 Å². The lowest BCUT2D eigenvalue weighted by Gasteiger charge is -2.19. The number of halogens is 2. The fourth-order valence-corrected chi connectivity index (χ4v) is 1.52. The minimum Gasteiger partial charge on any atom is -0.374 e.